The van der Waals surface area contributed by atoms with Crippen molar-refractivity contribution in [2.24, 2.45) is 0 Å². The van der Waals surface area contributed by atoms with Gasteiger partial charge < -0.3 is 4.74 Å². The molecule has 0 bridgehead atoms. The van der Waals surface area contributed by atoms with E-state index >= 15 is 0 Å². The third-order valence-corrected chi connectivity index (χ3v) is 5.42. The molecule has 2 atom stereocenters. The highest BCUT2D eigenvalue weighted by molar-refractivity contribution is 5.35. The van der Waals surface area contributed by atoms with Crippen LogP contribution in [0.25, 0.3) is 0 Å². The van der Waals surface area contributed by atoms with Gasteiger partial charge in [-0.15, -0.1) is 0 Å². The van der Waals surface area contributed by atoms with Crippen LogP contribution in [0.5, 0.6) is 5.75 Å². The molecular formula is C21H22F3NO. The van der Waals surface area contributed by atoms with E-state index in [-0.39, 0.29) is 12.1 Å². The summed E-state index contributed by atoms with van der Waals surface area (Å²) in [6.07, 6.45) is -1.11. The second-order valence-electron chi connectivity index (χ2n) is 7.22. The molecule has 0 amide bonds. The highest BCUT2D eigenvalue weighted by Gasteiger charge is 2.39. The van der Waals surface area contributed by atoms with Crippen molar-refractivity contribution in [1.29, 1.82) is 0 Å². The number of rotatable bonds is 3. The van der Waals surface area contributed by atoms with Gasteiger partial charge in [0.1, 0.15) is 11.9 Å². The molecule has 2 nitrogen and oxygen atoms in total. The Bertz CT molecular complexity index is 768. The third kappa shape index (κ3) is 3.45. The minimum atomic E-state index is -4.33. The Morgan fingerprint density at radius 3 is 2.35 bits per heavy atom. The van der Waals surface area contributed by atoms with Gasteiger partial charge >= 0.3 is 6.18 Å². The molecule has 1 saturated carbocycles. The zero-order chi connectivity index (χ0) is 18.3. The van der Waals surface area contributed by atoms with Crippen molar-refractivity contribution < 1.29 is 17.9 Å². The lowest BCUT2D eigenvalue weighted by Crippen LogP contribution is -2.40. The van der Waals surface area contributed by atoms with E-state index in [0.717, 1.165) is 30.7 Å². The smallest absolute Gasteiger partial charge is 0.416 e. The summed E-state index contributed by atoms with van der Waals surface area (Å²) in [7, 11) is 0. The molecule has 1 heterocycles. The summed E-state index contributed by atoms with van der Waals surface area (Å²) < 4.78 is 44.6. The largest absolute Gasteiger partial charge is 0.484 e. The zero-order valence-corrected chi connectivity index (χ0v) is 14.7. The number of alkyl halides is 3. The Balaban J connectivity index is 1.63. The number of nitrogens with zero attached hydrogens (tertiary/aromatic N) is 1. The van der Waals surface area contributed by atoms with E-state index in [1.807, 2.05) is 12.1 Å². The molecule has 0 N–H and O–H groups in total. The van der Waals surface area contributed by atoms with Gasteiger partial charge in [-0.05, 0) is 61.6 Å². The lowest BCUT2D eigenvalue weighted by molar-refractivity contribution is -0.137. The lowest BCUT2D eigenvalue weighted by atomic mass is 9.98. The van der Waals surface area contributed by atoms with Gasteiger partial charge in [-0.3, -0.25) is 4.90 Å². The first-order valence-electron chi connectivity index (χ1n) is 9.11. The number of fused-ring (bicyclic) bond motifs is 1. The summed E-state index contributed by atoms with van der Waals surface area (Å²) in [4.78, 5) is 2.49. The fourth-order valence-electron chi connectivity index (χ4n) is 3.88. The zero-order valence-electron chi connectivity index (χ0n) is 14.7. The molecule has 138 valence electrons. The fraction of sp³-hybridized carbons (Fsp3) is 0.429. The molecule has 26 heavy (non-hydrogen) atoms. The summed E-state index contributed by atoms with van der Waals surface area (Å²) in [6, 6.07) is 14.0. The van der Waals surface area contributed by atoms with Crippen LogP contribution < -0.4 is 4.74 Å². The quantitative estimate of drug-likeness (QED) is 0.742. The Labute approximate surface area is 151 Å². The van der Waals surface area contributed by atoms with Gasteiger partial charge in [-0.2, -0.15) is 13.2 Å². The lowest BCUT2D eigenvalue weighted by Gasteiger charge is -2.33. The van der Waals surface area contributed by atoms with Gasteiger partial charge in [-0.25, -0.2) is 0 Å². The highest BCUT2D eigenvalue weighted by Crippen LogP contribution is 2.39. The Hall–Kier alpha value is -2.01. The second kappa shape index (κ2) is 6.62. The molecule has 5 heteroatoms. The predicted molar refractivity (Wildman–Crippen MR) is 94.1 cm³/mol. The van der Waals surface area contributed by atoms with E-state index in [1.54, 1.807) is 0 Å². The number of hydrogen-bond acceptors (Lipinski definition) is 2. The maximum atomic E-state index is 12.8. The molecule has 1 aliphatic carbocycles. The number of ether oxygens (including phenoxy) is 1. The summed E-state index contributed by atoms with van der Waals surface area (Å²) in [5.41, 5.74) is 1.75. The van der Waals surface area contributed by atoms with Crippen molar-refractivity contribution in [3.8, 4) is 5.75 Å². The molecule has 4 rings (SSSR count). The van der Waals surface area contributed by atoms with Crippen molar-refractivity contribution in [3.63, 3.8) is 0 Å². The average molecular weight is 361 g/mol. The summed E-state index contributed by atoms with van der Waals surface area (Å²) in [5.74, 6) is 0.474. The standard InChI is InChI=1S/C21H22F3NO/c1-14-20(26-18-10-6-16(7-11-18)21(22,23)24)19-5-3-2-4-15(19)12-13-25(14)17-8-9-17/h2-7,10-11,14,17,20H,8-9,12-13H2,1H3. The third-order valence-electron chi connectivity index (χ3n) is 5.42. The molecule has 2 aliphatic rings. The molecule has 2 aromatic carbocycles. The highest BCUT2D eigenvalue weighted by atomic mass is 19.4. The maximum absolute atomic E-state index is 12.8. The first-order chi connectivity index (χ1) is 12.4. The van der Waals surface area contributed by atoms with Crippen LogP contribution in [0.2, 0.25) is 0 Å². The molecule has 1 aliphatic heterocycles. The monoisotopic (exact) mass is 361 g/mol. The fourth-order valence-corrected chi connectivity index (χ4v) is 3.88. The van der Waals surface area contributed by atoms with Crippen molar-refractivity contribution in [2.75, 3.05) is 6.54 Å². The maximum Gasteiger partial charge on any atom is 0.416 e. The summed E-state index contributed by atoms with van der Waals surface area (Å²) in [6.45, 7) is 3.16. The van der Waals surface area contributed by atoms with E-state index in [2.05, 4.69) is 24.0 Å². The average Bonchev–Trinajstić information content (AvgIpc) is 3.45. The Morgan fingerprint density at radius 2 is 1.69 bits per heavy atom. The van der Waals surface area contributed by atoms with Crippen molar-refractivity contribution in [3.05, 3.63) is 65.2 Å². The predicted octanol–water partition coefficient (Wildman–Crippen LogP) is 5.23. The van der Waals surface area contributed by atoms with Crippen molar-refractivity contribution >= 4 is 0 Å². The topological polar surface area (TPSA) is 12.5 Å². The van der Waals surface area contributed by atoms with Crippen LogP contribution in [0.1, 0.15) is 42.6 Å². The molecule has 0 aromatic heterocycles. The van der Waals surface area contributed by atoms with E-state index < -0.39 is 11.7 Å². The molecule has 2 unspecified atom stereocenters. The second-order valence-corrected chi connectivity index (χ2v) is 7.22. The molecular weight excluding hydrogens is 339 g/mol. The number of hydrogen-bond donors (Lipinski definition) is 0. The Kier molecular flexibility index (Phi) is 4.43. The van der Waals surface area contributed by atoms with E-state index in [1.165, 1.54) is 30.5 Å². The molecule has 2 aromatic rings. The Morgan fingerprint density at radius 1 is 1.00 bits per heavy atom. The molecule has 1 fully saturated rings. The van der Waals surface area contributed by atoms with Crippen molar-refractivity contribution in [2.45, 2.75) is 50.6 Å². The van der Waals surface area contributed by atoms with Crippen LogP contribution in [-0.2, 0) is 12.6 Å². The van der Waals surface area contributed by atoms with Gasteiger partial charge in [0.2, 0.25) is 0 Å². The minimum absolute atomic E-state index is 0.174. The van der Waals surface area contributed by atoms with Crippen LogP contribution >= 0.6 is 0 Å². The first-order valence-corrected chi connectivity index (χ1v) is 9.11. The van der Waals surface area contributed by atoms with Crippen molar-refractivity contribution in [1.82, 2.24) is 4.90 Å². The number of benzene rings is 2. The van der Waals surface area contributed by atoms with Gasteiger partial charge in [0.15, 0.2) is 0 Å². The molecule has 0 radical (unpaired) electrons. The SMILES string of the molecule is CC1C(Oc2ccc(C(F)(F)F)cc2)c2ccccc2CCN1C1CC1. The normalized spacial score (nSPS) is 24.0. The van der Waals surface area contributed by atoms with Gasteiger partial charge in [0.25, 0.3) is 0 Å². The molecule has 0 spiro atoms. The van der Waals surface area contributed by atoms with Crippen LogP contribution in [0.15, 0.2) is 48.5 Å². The number of halogens is 3. The first kappa shape index (κ1) is 17.4. The summed E-state index contributed by atoms with van der Waals surface area (Å²) >= 11 is 0. The van der Waals surface area contributed by atoms with Gasteiger partial charge in [0, 0.05) is 18.6 Å². The van der Waals surface area contributed by atoms with E-state index in [9.17, 15) is 13.2 Å². The summed E-state index contributed by atoms with van der Waals surface area (Å²) in [5, 5.41) is 0. The van der Waals surface area contributed by atoms with E-state index in [0.29, 0.717) is 11.8 Å². The van der Waals surface area contributed by atoms with E-state index in [4.69, 9.17) is 4.74 Å². The van der Waals surface area contributed by atoms with Crippen LogP contribution in [0.4, 0.5) is 13.2 Å². The van der Waals surface area contributed by atoms with Gasteiger partial charge in [0.05, 0.1) is 5.56 Å². The van der Waals surface area contributed by atoms with Crippen LogP contribution in [0.3, 0.4) is 0 Å². The van der Waals surface area contributed by atoms with Crippen LogP contribution in [-0.4, -0.2) is 23.5 Å². The van der Waals surface area contributed by atoms with Gasteiger partial charge in [-0.1, -0.05) is 24.3 Å². The molecule has 0 saturated heterocycles. The minimum Gasteiger partial charge on any atom is -0.484 e. The van der Waals surface area contributed by atoms with Crippen LogP contribution in [0, 0.1) is 0 Å².